The number of rotatable bonds is 4. The third-order valence-corrected chi connectivity index (χ3v) is 5.57. The van der Waals surface area contributed by atoms with E-state index >= 15 is 0 Å². The van der Waals surface area contributed by atoms with E-state index in [2.05, 4.69) is 15.7 Å². The molecule has 132 valence electrons. The highest BCUT2D eigenvalue weighted by Gasteiger charge is 2.37. The third kappa shape index (κ3) is 3.68. The minimum absolute atomic E-state index is 0.142. The largest absolute Gasteiger partial charge is 0.352 e. The van der Waals surface area contributed by atoms with Crippen LogP contribution in [0.1, 0.15) is 13.8 Å². The average molecular weight is 360 g/mol. The van der Waals surface area contributed by atoms with Crippen LogP contribution in [0.2, 0.25) is 0 Å². The fourth-order valence-electron chi connectivity index (χ4n) is 2.57. The van der Waals surface area contributed by atoms with Crippen molar-refractivity contribution in [2.45, 2.75) is 31.2 Å². The monoisotopic (exact) mass is 360 g/mol. The number of carbonyl (C=O) groups is 2. The van der Waals surface area contributed by atoms with E-state index in [0.29, 0.717) is 11.1 Å². The van der Waals surface area contributed by atoms with Gasteiger partial charge in [0.15, 0.2) is 0 Å². The summed E-state index contributed by atoms with van der Waals surface area (Å²) in [5, 5.41) is 11.0. The molecule has 1 aliphatic heterocycles. The van der Waals surface area contributed by atoms with Crippen LogP contribution in [0.15, 0.2) is 35.3 Å². The van der Waals surface area contributed by atoms with Gasteiger partial charge in [0, 0.05) is 17.7 Å². The Morgan fingerprint density at radius 2 is 2.16 bits per heavy atom. The Kier molecular flexibility index (Phi) is 4.80. The van der Waals surface area contributed by atoms with Crippen LogP contribution in [0.25, 0.3) is 10.8 Å². The molecule has 1 saturated heterocycles. The smallest absolute Gasteiger partial charge is 0.274 e. The summed E-state index contributed by atoms with van der Waals surface area (Å²) < 4.78 is 0.818. The van der Waals surface area contributed by atoms with Crippen molar-refractivity contribution < 1.29 is 9.59 Å². The molecule has 0 saturated carbocycles. The van der Waals surface area contributed by atoms with Gasteiger partial charge in [-0.1, -0.05) is 18.2 Å². The molecule has 0 spiro atoms. The lowest BCUT2D eigenvalue weighted by atomic mass is 10.1. The zero-order valence-corrected chi connectivity index (χ0v) is 14.9. The molecule has 0 radical (unpaired) electrons. The number of hydrogen-bond donors (Lipinski definition) is 2. The first-order chi connectivity index (χ1) is 11.9. The first-order valence-corrected chi connectivity index (χ1v) is 9.04. The van der Waals surface area contributed by atoms with Gasteiger partial charge >= 0.3 is 0 Å². The highest BCUT2D eigenvalue weighted by atomic mass is 32.2. The van der Waals surface area contributed by atoms with Gasteiger partial charge in [0.1, 0.15) is 6.04 Å². The summed E-state index contributed by atoms with van der Waals surface area (Å²) in [5.74, 6) is 0.139. The molecule has 1 unspecified atom stereocenters. The summed E-state index contributed by atoms with van der Waals surface area (Å²) in [7, 11) is 0. The minimum Gasteiger partial charge on any atom is -0.352 e. The highest BCUT2D eigenvalue weighted by molar-refractivity contribution is 8.01. The Morgan fingerprint density at radius 1 is 1.40 bits per heavy atom. The molecule has 2 heterocycles. The molecule has 0 aliphatic carbocycles. The quantitative estimate of drug-likeness (QED) is 0.829. The number of nitrogens with one attached hydrogen (secondary N) is 2. The van der Waals surface area contributed by atoms with Gasteiger partial charge in [-0.2, -0.15) is 5.10 Å². The first kappa shape index (κ1) is 17.5. The Labute approximate surface area is 149 Å². The molecule has 7 nitrogen and oxygen atoms in total. The van der Waals surface area contributed by atoms with Gasteiger partial charge in [0.25, 0.3) is 5.56 Å². The minimum atomic E-state index is -0.549. The van der Waals surface area contributed by atoms with Gasteiger partial charge in [0.2, 0.25) is 11.8 Å². The predicted molar refractivity (Wildman–Crippen MR) is 97.5 cm³/mol. The van der Waals surface area contributed by atoms with Gasteiger partial charge in [-0.15, -0.1) is 11.8 Å². The number of amides is 2. The molecule has 1 fully saturated rings. The normalized spacial score (nSPS) is 19.4. The Bertz CT molecular complexity index is 878. The SMILES string of the molecule is CC1(C)SCC(C(=O)NCCn2ncc3ccccc3c2=O)NC1=O. The molecule has 3 rings (SSSR count). The maximum absolute atomic E-state index is 12.3. The molecule has 1 aliphatic rings. The standard InChI is InChI=1S/C17H20N4O3S/c1-17(2)16(24)20-13(10-25-17)14(22)18-7-8-21-15(23)12-6-4-3-5-11(12)9-19-21/h3-6,9,13H,7-8,10H2,1-2H3,(H,18,22)(H,20,24). The molecule has 8 heteroatoms. The zero-order valence-electron chi connectivity index (χ0n) is 14.1. The van der Waals surface area contributed by atoms with Gasteiger partial charge in [-0.25, -0.2) is 4.68 Å². The fourth-order valence-corrected chi connectivity index (χ4v) is 3.58. The zero-order chi connectivity index (χ0) is 18.0. The van der Waals surface area contributed by atoms with Crippen molar-refractivity contribution in [3.05, 3.63) is 40.8 Å². The average Bonchev–Trinajstić information content (AvgIpc) is 2.59. The van der Waals surface area contributed by atoms with Crippen molar-refractivity contribution in [3.63, 3.8) is 0 Å². The number of fused-ring (bicyclic) bond motifs is 1. The lowest BCUT2D eigenvalue weighted by molar-refractivity contribution is -0.129. The van der Waals surface area contributed by atoms with Crippen LogP contribution in [-0.4, -0.2) is 44.7 Å². The van der Waals surface area contributed by atoms with E-state index in [1.54, 1.807) is 18.3 Å². The van der Waals surface area contributed by atoms with Crippen molar-refractivity contribution in [3.8, 4) is 0 Å². The van der Waals surface area contributed by atoms with Crippen molar-refractivity contribution in [2.24, 2.45) is 0 Å². The molecule has 0 bridgehead atoms. The van der Waals surface area contributed by atoms with Gasteiger partial charge in [0.05, 0.1) is 22.9 Å². The summed E-state index contributed by atoms with van der Waals surface area (Å²) >= 11 is 1.46. The second kappa shape index (κ2) is 6.87. The molecule has 1 aromatic heterocycles. The number of hydrogen-bond acceptors (Lipinski definition) is 5. The lowest BCUT2D eigenvalue weighted by Crippen LogP contribution is -2.57. The van der Waals surface area contributed by atoms with Crippen LogP contribution in [0, 0.1) is 0 Å². The van der Waals surface area contributed by atoms with E-state index in [0.717, 1.165) is 5.39 Å². The summed E-state index contributed by atoms with van der Waals surface area (Å²) in [6, 6.07) is 6.70. The van der Waals surface area contributed by atoms with Crippen LogP contribution in [0.3, 0.4) is 0 Å². The third-order valence-electron chi connectivity index (χ3n) is 4.16. The second-order valence-electron chi connectivity index (χ2n) is 6.40. The topological polar surface area (TPSA) is 93.1 Å². The van der Waals surface area contributed by atoms with Crippen molar-refractivity contribution in [1.82, 2.24) is 20.4 Å². The van der Waals surface area contributed by atoms with E-state index in [9.17, 15) is 14.4 Å². The van der Waals surface area contributed by atoms with Crippen molar-refractivity contribution in [2.75, 3.05) is 12.3 Å². The first-order valence-electron chi connectivity index (χ1n) is 8.06. The van der Waals surface area contributed by atoms with Crippen LogP contribution in [0.4, 0.5) is 0 Å². The Morgan fingerprint density at radius 3 is 2.92 bits per heavy atom. The van der Waals surface area contributed by atoms with E-state index in [4.69, 9.17) is 0 Å². The number of benzene rings is 1. The fraction of sp³-hybridized carbons (Fsp3) is 0.412. The molecule has 25 heavy (non-hydrogen) atoms. The van der Waals surface area contributed by atoms with Gasteiger partial charge in [-0.3, -0.25) is 14.4 Å². The van der Waals surface area contributed by atoms with Crippen molar-refractivity contribution in [1.29, 1.82) is 0 Å². The van der Waals surface area contributed by atoms with Crippen LogP contribution < -0.4 is 16.2 Å². The molecule has 1 aromatic carbocycles. The summed E-state index contributed by atoms with van der Waals surface area (Å²) in [6.07, 6.45) is 1.64. The molecule has 2 aromatic rings. The summed E-state index contributed by atoms with van der Waals surface area (Å²) in [5.41, 5.74) is -0.185. The molecule has 2 amide bonds. The maximum Gasteiger partial charge on any atom is 0.274 e. The van der Waals surface area contributed by atoms with E-state index < -0.39 is 10.8 Å². The molecular formula is C17H20N4O3S. The summed E-state index contributed by atoms with van der Waals surface area (Å²) in [6.45, 7) is 4.21. The predicted octanol–water partition coefficient (Wildman–Crippen LogP) is 0.523. The number of aromatic nitrogens is 2. The maximum atomic E-state index is 12.3. The molecular weight excluding hydrogens is 340 g/mol. The van der Waals surface area contributed by atoms with Crippen LogP contribution in [0.5, 0.6) is 0 Å². The van der Waals surface area contributed by atoms with Gasteiger partial charge in [-0.05, 0) is 19.9 Å². The van der Waals surface area contributed by atoms with E-state index in [-0.39, 0.29) is 30.5 Å². The van der Waals surface area contributed by atoms with Gasteiger partial charge < -0.3 is 10.6 Å². The van der Waals surface area contributed by atoms with E-state index in [1.807, 2.05) is 26.0 Å². The lowest BCUT2D eigenvalue weighted by Gasteiger charge is -2.32. The number of thioether (sulfide) groups is 1. The van der Waals surface area contributed by atoms with Crippen LogP contribution >= 0.6 is 11.8 Å². The Balaban J connectivity index is 1.58. The van der Waals surface area contributed by atoms with E-state index in [1.165, 1.54) is 16.4 Å². The number of nitrogens with zero attached hydrogens (tertiary/aromatic N) is 2. The number of carbonyl (C=O) groups excluding carboxylic acids is 2. The highest BCUT2D eigenvalue weighted by Crippen LogP contribution is 2.28. The summed E-state index contributed by atoms with van der Waals surface area (Å²) in [4.78, 5) is 36.5. The Hall–Kier alpha value is -2.35. The van der Waals surface area contributed by atoms with Crippen molar-refractivity contribution >= 4 is 34.3 Å². The second-order valence-corrected chi connectivity index (χ2v) is 8.04. The molecule has 1 atom stereocenters. The molecule has 2 N–H and O–H groups in total. The van der Waals surface area contributed by atoms with Crippen LogP contribution in [-0.2, 0) is 16.1 Å².